The fourth-order valence-corrected chi connectivity index (χ4v) is 6.40. The lowest BCUT2D eigenvalue weighted by atomic mass is 9.91. The van der Waals surface area contributed by atoms with Gasteiger partial charge in [0.2, 0.25) is 0 Å². The summed E-state index contributed by atoms with van der Waals surface area (Å²) in [7, 11) is 1.30. The van der Waals surface area contributed by atoms with Crippen LogP contribution >= 0.6 is 0 Å². The molecule has 5 rings (SSSR count). The minimum atomic E-state index is -4.99. The van der Waals surface area contributed by atoms with Crippen molar-refractivity contribution in [1.29, 1.82) is 0 Å². The van der Waals surface area contributed by atoms with Crippen LogP contribution in [0.2, 0.25) is 0 Å². The molecular formula is C42H52F8N4O5. The molecule has 0 unspecified atom stereocenters. The summed E-state index contributed by atoms with van der Waals surface area (Å²) in [4.78, 5) is 44.1. The van der Waals surface area contributed by atoms with E-state index in [1.54, 1.807) is 0 Å². The molecule has 1 saturated heterocycles. The summed E-state index contributed by atoms with van der Waals surface area (Å²) in [6.45, 7) is 15.7. The largest absolute Gasteiger partial charge is 0.480 e. The number of pyridine rings is 2. The molecule has 2 aromatic heterocycles. The first-order valence-corrected chi connectivity index (χ1v) is 19.2. The predicted molar refractivity (Wildman–Crippen MR) is 212 cm³/mol. The number of nitrogens with one attached hydrogen (secondary N) is 1. The number of rotatable bonds is 9. The molecule has 3 heterocycles. The van der Waals surface area contributed by atoms with E-state index >= 15 is 4.39 Å². The van der Waals surface area contributed by atoms with Gasteiger partial charge in [-0.15, -0.1) is 0 Å². The zero-order chi connectivity index (χ0) is 45.4. The van der Waals surface area contributed by atoms with Gasteiger partial charge in [0.05, 0.1) is 29.9 Å². The summed E-state index contributed by atoms with van der Waals surface area (Å²) in [6, 6.07) is 3.82. The predicted octanol–water partition coefficient (Wildman–Crippen LogP) is 9.85. The fraction of sp³-hybridized carbons (Fsp3) is 0.476. The van der Waals surface area contributed by atoms with Gasteiger partial charge in [0.15, 0.2) is 0 Å². The Hall–Kier alpha value is -5.06. The van der Waals surface area contributed by atoms with Gasteiger partial charge in [0.1, 0.15) is 23.6 Å². The number of aromatic nitrogens is 2. The number of hydrogen-bond acceptors (Lipinski definition) is 6. The molecule has 0 spiro atoms. The number of aliphatic carboxylic acids is 1. The van der Waals surface area contributed by atoms with Gasteiger partial charge < -0.3 is 24.6 Å². The number of anilines is 1. The van der Waals surface area contributed by atoms with Gasteiger partial charge >= 0.3 is 12.1 Å². The zero-order valence-corrected chi connectivity index (χ0v) is 35.0. The van der Waals surface area contributed by atoms with Gasteiger partial charge in [-0.05, 0) is 49.2 Å². The molecule has 2 N–H and O–H groups in total. The zero-order valence-electron chi connectivity index (χ0n) is 35.0. The van der Waals surface area contributed by atoms with Crippen LogP contribution in [0.4, 0.5) is 40.8 Å². The number of amides is 1. The molecule has 1 amide bonds. The number of carboxylic acids is 1. The molecule has 2 atom stereocenters. The average molecular weight is 845 g/mol. The van der Waals surface area contributed by atoms with Gasteiger partial charge in [-0.2, -0.15) is 13.2 Å². The van der Waals surface area contributed by atoms with Crippen LogP contribution in [-0.4, -0.2) is 64.3 Å². The van der Waals surface area contributed by atoms with E-state index in [2.05, 4.69) is 10.3 Å². The molecule has 1 fully saturated rings. The first-order chi connectivity index (χ1) is 27.5. The smallest absolute Gasteiger partial charge is 0.433 e. The number of carboxylic acid groups (broad SMARTS) is 1. The maximum atomic E-state index is 15.5. The van der Waals surface area contributed by atoms with Gasteiger partial charge in [0, 0.05) is 61.8 Å². The average Bonchev–Trinajstić information content (AvgIpc) is 3.17. The standard InChI is InChI=1S/C36H34F8N4O5.3C2H6/c1-17-12-20(48-10-11-53-16-27(48)35(4,40)41)15-24(37)28(17)31(49)45-25(33(51)52)14-19-6-7-22(30-21(19)8-9-26(46-30)36(42,43)44)29-23(34(3,38)39)13-18(2)47(5)32(29)50;3*1-2/h6-9,12-13,15,25,27H,10-11,14,16H2,1-5H3,(H,45,49)(H,51,52);3*1-2H3/t25-,27+;;;/m0.../s1. The van der Waals surface area contributed by atoms with Crippen LogP contribution in [0.3, 0.4) is 0 Å². The Morgan fingerprint density at radius 2 is 1.56 bits per heavy atom. The van der Waals surface area contributed by atoms with E-state index in [0.29, 0.717) is 19.9 Å². The number of fused-ring (bicyclic) bond motifs is 1. The minimum absolute atomic E-state index is 0.00202. The highest BCUT2D eigenvalue weighted by atomic mass is 19.4. The van der Waals surface area contributed by atoms with Crippen molar-refractivity contribution in [2.45, 2.75) is 106 Å². The molecule has 1 aliphatic rings. The number of morpholine rings is 1. The van der Waals surface area contributed by atoms with Crippen LogP contribution < -0.4 is 15.8 Å². The lowest BCUT2D eigenvalue weighted by molar-refractivity contribution is -0.141. The highest BCUT2D eigenvalue weighted by Gasteiger charge is 2.41. The lowest BCUT2D eigenvalue weighted by Crippen LogP contribution is -2.54. The lowest BCUT2D eigenvalue weighted by Gasteiger charge is -2.40. The number of alkyl halides is 7. The van der Waals surface area contributed by atoms with Crippen molar-refractivity contribution >= 4 is 28.5 Å². The van der Waals surface area contributed by atoms with Crippen molar-refractivity contribution in [2.75, 3.05) is 24.7 Å². The summed E-state index contributed by atoms with van der Waals surface area (Å²) in [5, 5.41) is 12.1. The normalized spacial score (nSPS) is 14.8. The molecule has 326 valence electrons. The second-order valence-electron chi connectivity index (χ2n) is 13.1. The second kappa shape index (κ2) is 20.3. The van der Waals surface area contributed by atoms with Crippen LogP contribution in [0.1, 0.15) is 93.8 Å². The number of benzene rings is 2. The van der Waals surface area contributed by atoms with Crippen molar-refractivity contribution in [3.05, 3.63) is 92.3 Å². The number of nitrogens with zero attached hydrogens (tertiary/aromatic N) is 3. The molecule has 9 nitrogen and oxygen atoms in total. The number of carbonyl (C=O) groups is 2. The highest BCUT2D eigenvalue weighted by Crippen LogP contribution is 2.39. The Balaban J connectivity index is 0.00000191. The first kappa shape index (κ1) is 50.1. The summed E-state index contributed by atoms with van der Waals surface area (Å²) < 4.78 is 122. The third-order valence-corrected chi connectivity index (χ3v) is 9.22. The third kappa shape index (κ3) is 11.4. The fourth-order valence-electron chi connectivity index (χ4n) is 6.40. The molecule has 17 heteroatoms. The van der Waals surface area contributed by atoms with Crippen molar-refractivity contribution < 1.29 is 54.6 Å². The van der Waals surface area contributed by atoms with Gasteiger partial charge in [-0.1, -0.05) is 59.7 Å². The molecular weight excluding hydrogens is 792 g/mol. The number of ether oxygens (including phenoxy) is 1. The molecule has 0 radical (unpaired) electrons. The quantitative estimate of drug-likeness (QED) is 0.161. The molecule has 2 aromatic carbocycles. The Morgan fingerprint density at radius 1 is 0.949 bits per heavy atom. The topological polar surface area (TPSA) is 114 Å². The minimum Gasteiger partial charge on any atom is -0.480 e. The monoisotopic (exact) mass is 844 g/mol. The van der Waals surface area contributed by atoms with Crippen LogP contribution in [0.25, 0.3) is 22.0 Å². The van der Waals surface area contributed by atoms with Crippen LogP contribution in [-0.2, 0) is 35.1 Å². The van der Waals surface area contributed by atoms with Gasteiger partial charge in [-0.25, -0.2) is 31.7 Å². The maximum absolute atomic E-state index is 15.5. The van der Waals surface area contributed by atoms with Crippen molar-refractivity contribution in [3.8, 4) is 11.1 Å². The third-order valence-electron chi connectivity index (χ3n) is 9.22. The van der Waals surface area contributed by atoms with E-state index in [4.69, 9.17) is 4.74 Å². The van der Waals surface area contributed by atoms with E-state index in [-0.39, 0.29) is 53.2 Å². The number of aryl methyl sites for hydroxylation is 2. The SMILES string of the molecule is CC.CC.CC.Cc1cc(N2CCOC[C@@H]2C(C)(F)F)cc(F)c1C(=O)N[C@@H](Cc1ccc(-c2c(C(C)(F)F)cc(C)n(C)c2=O)c2nc(C(F)(F)F)ccc12)C(=O)O. The van der Waals surface area contributed by atoms with Gasteiger partial charge in [-0.3, -0.25) is 9.59 Å². The number of carbonyl (C=O) groups excluding carboxylic acids is 1. The van der Waals surface area contributed by atoms with E-state index in [1.807, 2.05) is 41.5 Å². The van der Waals surface area contributed by atoms with Crippen LogP contribution in [0.5, 0.6) is 0 Å². The summed E-state index contributed by atoms with van der Waals surface area (Å²) in [5.41, 5.74) is -5.03. The van der Waals surface area contributed by atoms with Gasteiger partial charge in [0.25, 0.3) is 23.3 Å². The molecule has 0 saturated carbocycles. The summed E-state index contributed by atoms with van der Waals surface area (Å²) in [6.07, 6.45) is -5.60. The van der Waals surface area contributed by atoms with E-state index in [9.17, 15) is 50.2 Å². The Morgan fingerprint density at radius 3 is 2.08 bits per heavy atom. The number of hydrogen-bond donors (Lipinski definition) is 2. The van der Waals surface area contributed by atoms with Crippen molar-refractivity contribution in [3.63, 3.8) is 0 Å². The molecule has 1 aliphatic heterocycles. The molecule has 59 heavy (non-hydrogen) atoms. The Kier molecular flexibility index (Phi) is 17.2. The highest BCUT2D eigenvalue weighted by molar-refractivity contribution is 5.99. The van der Waals surface area contributed by atoms with E-state index in [1.165, 1.54) is 37.9 Å². The van der Waals surface area contributed by atoms with E-state index in [0.717, 1.165) is 28.8 Å². The second-order valence-corrected chi connectivity index (χ2v) is 13.1. The van der Waals surface area contributed by atoms with Crippen molar-refractivity contribution in [1.82, 2.24) is 14.9 Å². The van der Waals surface area contributed by atoms with Crippen LogP contribution in [0, 0.1) is 19.7 Å². The number of halogens is 8. The summed E-state index contributed by atoms with van der Waals surface area (Å²) >= 11 is 0. The summed E-state index contributed by atoms with van der Waals surface area (Å²) in [5.74, 6) is -10.8. The Labute approximate surface area is 338 Å². The van der Waals surface area contributed by atoms with Crippen LogP contribution in [0.15, 0.2) is 47.3 Å². The van der Waals surface area contributed by atoms with E-state index < -0.39 is 87.7 Å². The van der Waals surface area contributed by atoms with Crippen molar-refractivity contribution in [2.24, 2.45) is 7.05 Å². The molecule has 0 bridgehead atoms. The Bertz CT molecular complexity index is 2140. The molecule has 0 aliphatic carbocycles. The molecule has 4 aromatic rings. The first-order valence-electron chi connectivity index (χ1n) is 19.2. The maximum Gasteiger partial charge on any atom is 0.433 e.